The van der Waals surface area contributed by atoms with Crippen LogP contribution in [0.15, 0.2) is 12.2 Å². The van der Waals surface area contributed by atoms with Crippen molar-refractivity contribution < 1.29 is 62.2 Å². The third-order valence-electron chi connectivity index (χ3n) is 9.63. The van der Waals surface area contributed by atoms with Crippen LogP contribution in [0.1, 0.15) is 54.4 Å². The number of alkyl halides is 1. The number of rotatable bonds is 4. The molecule has 0 aromatic carbocycles. The minimum atomic E-state index is -2.32. The molecule has 12 atom stereocenters. The SMILES string of the molecule is C=C1[C@H](Cl)[C@@H]2OC(=O)[C@H](C)[C@]23O[C@]1(O)C[C@H](OC(C)=O)[C@@]1(C)[C@@H](OC(C)=O)C[C@@H](OC(C)=O)[C@]2(CO2)[C@@H]1[C@@H]3OC(C)=O. The number of epoxide rings is 1. The van der Waals surface area contributed by atoms with Crippen molar-refractivity contribution in [3.05, 3.63) is 12.2 Å². The van der Waals surface area contributed by atoms with Gasteiger partial charge in [0.1, 0.15) is 30.0 Å². The van der Waals surface area contributed by atoms with Gasteiger partial charge >= 0.3 is 29.8 Å². The van der Waals surface area contributed by atoms with Gasteiger partial charge in [0.05, 0.1) is 23.3 Å². The van der Waals surface area contributed by atoms with Crippen LogP contribution in [0.5, 0.6) is 0 Å². The van der Waals surface area contributed by atoms with Crippen LogP contribution in [-0.4, -0.2) is 94.4 Å². The van der Waals surface area contributed by atoms with Gasteiger partial charge in [-0.15, -0.1) is 11.6 Å². The summed E-state index contributed by atoms with van der Waals surface area (Å²) in [5.74, 6) is -8.17. The number of hydrogen-bond acceptors (Lipinski definition) is 13. The molecule has 2 bridgehead atoms. The van der Waals surface area contributed by atoms with E-state index in [-0.39, 0.29) is 18.6 Å². The highest BCUT2D eigenvalue weighted by Gasteiger charge is 2.82. The Labute approximate surface area is 247 Å². The summed E-state index contributed by atoms with van der Waals surface area (Å²) in [6.07, 6.45) is -6.73. The Morgan fingerprint density at radius 2 is 1.48 bits per heavy atom. The van der Waals surface area contributed by atoms with E-state index in [9.17, 15) is 29.1 Å². The zero-order chi connectivity index (χ0) is 31.2. The molecule has 0 amide bonds. The van der Waals surface area contributed by atoms with Crippen molar-refractivity contribution in [2.45, 2.75) is 107 Å². The quantitative estimate of drug-likeness (QED) is 0.157. The Kier molecular flexibility index (Phi) is 7.24. The first-order chi connectivity index (χ1) is 19.4. The van der Waals surface area contributed by atoms with Gasteiger partial charge in [-0.05, 0) is 6.92 Å². The zero-order valence-corrected chi connectivity index (χ0v) is 24.9. The fourth-order valence-electron chi connectivity index (χ4n) is 7.76. The molecule has 4 aliphatic heterocycles. The summed E-state index contributed by atoms with van der Waals surface area (Å²) in [5.41, 5.74) is -4.85. The largest absolute Gasteiger partial charge is 0.462 e. The maximum Gasteiger partial charge on any atom is 0.312 e. The molecule has 13 nitrogen and oxygen atoms in total. The van der Waals surface area contributed by atoms with E-state index in [1.807, 2.05) is 0 Å². The van der Waals surface area contributed by atoms with Gasteiger partial charge in [0.25, 0.3) is 0 Å². The molecule has 232 valence electrons. The average molecular weight is 615 g/mol. The van der Waals surface area contributed by atoms with Gasteiger partial charge in [0.15, 0.2) is 17.5 Å². The lowest BCUT2D eigenvalue weighted by atomic mass is 9.50. The van der Waals surface area contributed by atoms with Gasteiger partial charge in [-0.25, -0.2) is 0 Å². The van der Waals surface area contributed by atoms with Crippen LogP contribution in [0.2, 0.25) is 0 Å². The lowest BCUT2D eigenvalue weighted by Gasteiger charge is -2.63. The van der Waals surface area contributed by atoms with E-state index in [4.69, 9.17) is 44.8 Å². The highest BCUT2D eigenvalue weighted by atomic mass is 35.5. The number of hydrogen-bond donors (Lipinski definition) is 1. The van der Waals surface area contributed by atoms with Crippen molar-refractivity contribution in [3.8, 4) is 0 Å². The van der Waals surface area contributed by atoms with Crippen molar-refractivity contribution >= 4 is 41.4 Å². The Hall–Kier alpha value is -2.74. The molecule has 0 aromatic rings. The van der Waals surface area contributed by atoms with Gasteiger partial charge in [0, 0.05) is 52.0 Å². The molecule has 42 heavy (non-hydrogen) atoms. The van der Waals surface area contributed by atoms with Gasteiger partial charge in [-0.1, -0.05) is 13.5 Å². The highest BCUT2D eigenvalue weighted by Crippen LogP contribution is 2.66. The smallest absolute Gasteiger partial charge is 0.312 e. The first kappa shape index (κ1) is 30.7. The van der Waals surface area contributed by atoms with E-state index in [0.29, 0.717) is 0 Å². The number of carbonyl (C=O) groups excluding carboxylic acids is 5. The van der Waals surface area contributed by atoms with Crippen LogP contribution >= 0.6 is 11.6 Å². The summed E-state index contributed by atoms with van der Waals surface area (Å²) in [7, 11) is 0. The lowest BCUT2D eigenvalue weighted by molar-refractivity contribution is -0.356. The third kappa shape index (κ3) is 4.26. The van der Waals surface area contributed by atoms with Crippen molar-refractivity contribution in [1.82, 2.24) is 0 Å². The number of fused-ring (bicyclic) bond motifs is 3. The Morgan fingerprint density at radius 1 is 0.952 bits per heavy atom. The normalized spacial score (nSPS) is 47.1. The summed E-state index contributed by atoms with van der Waals surface area (Å²) in [4.78, 5) is 63.4. The van der Waals surface area contributed by atoms with Crippen LogP contribution in [-0.2, 0) is 57.1 Å². The number of ether oxygens (including phenoxy) is 7. The summed E-state index contributed by atoms with van der Waals surface area (Å²) in [5, 5.41) is 10.9. The van der Waals surface area contributed by atoms with Crippen molar-refractivity contribution in [3.63, 3.8) is 0 Å². The first-order valence-corrected chi connectivity index (χ1v) is 14.2. The fraction of sp³-hybridized carbons (Fsp3) is 0.750. The topological polar surface area (TPSA) is 173 Å². The van der Waals surface area contributed by atoms with Crippen molar-refractivity contribution in [1.29, 1.82) is 0 Å². The molecule has 14 heteroatoms. The summed E-state index contributed by atoms with van der Waals surface area (Å²) >= 11 is 6.82. The predicted octanol–water partition coefficient (Wildman–Crippen LogP) is 1.09. The monoisotopic (exact) mass is 614 g/mol. The molecule has 0 radical (unpaired) electrons. The van der Waals surface area contributed by atoms with E-state index in [0.717, 1.165) is 6.92 Å². The lowest BCUT2D eigenvalue weighted by Crippen LogP contribution is -2.78. The van der Waals surface area contributed by atoms with Crippen LogP contribution in [0.3, 0.4) is 0 Å². The summed E-state index contributed by atoms with van der Waals surface area (Å²) < 4.78 is 41.6. The second kappa shape index (κ2) is 9.90. The molecule has 1 N–H and O–H groups in total. The molecule has 5 rings (SSSR count). The molecule has 5 aliphatic rings. The van der Waals surface area contributed by atoms with Crippen molar-refractivity contribution in [2.24, 2.45) is 17.3 Å². The molecular weight excluding hydrogens is 580 g/mol. The number of aliphatic hydroxyl groups is 1. The van der Waals surface area contributed by atoms with E-state index in [1.54, 1.807) is 6.92 Å². The average Bonchev–Trinajstić information content (AvgIpc) is 3.60. The minimum absolute atomic E-state index is 0.00770. The van der Waals surface area contributed by atoms with Gasteiger partial charge < -0.3 is 38.3 Å². The first-order valence-electron chi connectivity index (χ1n) is 13.7. The molecule has 1 aliphatic carbocycles. The van der Waals surface area contributed by atoms with Crippen LogP contribution in [0.25, 0.3) is 0 Å². The Bertz CT molecular complexity index is 1250. The third-order valence-corrected chi connectivity index (χ3v) is 10.1. The second-order valence-electron chi connectivity index (χ2n) is 12.1. The minimum Gasteiger partial charge on any atom is -0.462 e. The molecule has 1 saturated carbocycles. The molecule has 4 saturated heterocycles. The van der Waals surface area contributed by atoms with E-state index < -0.39 is 106 Å². The van der Waals surface area contributed by atoms with Gasteiger partial charge in [0.2, 0.25) is 0 Å². The van der Waals surface area contributed by atoms with Gasteiger partial charge in [-0.2, -0.15) is 0 Å². The summed E-state index contributed by atoms with van der Waals surface area (Å²) in [6, 6.07) is 0. The maximum atomic E-state index is 13.2. The summed E-state index contributed by atoms with van der Waals surface area (Å²) in [6.45, 7) is 11.8. The van der Waals surface area contributed by atoms with E-state index >= 15 is 0 Å². The predicted molar refractivity (Wildman–Crippen MR) is 138 cm³/mol. The number of esters is 5. The van der Waals surface area contributed by atoms with Crippen molar-refractivity contribution in [2.75, 3.05) is 6.61 Å². The van der Waals surface area contributed by atoms with Crippen LogP contribution < -0.4 is 0 Å². The Morgan fingerprint density at radius 3 is 2.00 bits per heavy atom. The van der Waals surface area contributed by atoms with Crippen LogP contribution in [0, 0.1) is 17.3 Å². The second-order valence-corrected chi connectivity index (χ2v) is 12.6. The standard InChI is InChI=1S/C28H35ClO13/c1-11-20(29)22-28(12(2)24(34)41-22)23(40-16(6)33)21-25(7,19(39-15(5)32)9-27(11,35)42-28)17(37-13(3)30)8-18(38-14(4)31)26(21)10-36-26/h12,17-23,35H,1,8-10H2,2-7H3/t12-,17-,18+,19-,20-,21+,22-,23-,25+,26+,27+,28-/m0/s1. The Balaban J connectivity index is 1.85. The van der Waals surface area contributed by atoms with E-state index in [2.05, 4.69) is 6.58 Å². The molecular formula is C28H35ClO13. The molecule has 5 fully saturated rings. The molecule has 0 unspecified atom stereocenters. The number of halogens is 1. The van der Waals surface area contributed by atoms with Crippen LogP contribution in [0.4, 0.5) is 0 Å². The highest BCUT2D eigenvalue weighted by molar-refractivity contribution is 6.23. The molecule has 4 heterocycles. The number of carbonyl (C=O) groups is 5. The van der Waals surface area contributed by atoms with E-state index in [1.165, 1.54) is 27.7 Å². The fourth-order valence-corrected chi connectivity index (χ4v) is 8.18. The maximum absolute atomic E-state index is 13.2. The molecule has 0 aromatic heterocycles. The zero-order valence-electron chi connectivity index (χ0n) is 24.2. The van der Waals surface area contributed by atoms with Gasteiger partial charge in [-0.3, -0.25) is 24.0 Å². The molecule has 2 spiro atoms.